The van der Waals surface area contributed by atoms with Crippen LogP contribution >= 0.6 is 11.3 Å². The minimum atomic E-state index is 0.0269. The maximum atomic E-state index is 11.9. The number of carbonyl (C=O) groups excluding carboxylic acids is 1. The summed E-state index contributed by atoms with van der Waals surface area (Å²) < 4.78 is 5.25. The molecule has 1 N–H and O–H groups in total. The van der Waals surface area contributed by atoms with Crippen LogP contribution in [0.3, 0.4) is 0 Å². The van der Waals surface area contributed by atoms with E-state index in [2.05, 4.69) is 15.5 Å². The summed E-state index contributed by atoms with van der Waals surface area (Å²) in [5.74, 6) is 1.43. The number of furan rings is 1. The average molecular weight is 291 g/mol. The number of amides is 1. The molecule has 2 aromatic rings. The van der Waals surface area contributed by atoms with E-state index in [1.807, 2.05) is 6.07 Å². The summed E-state index contributed by atoms with van der Waals surface area (Å²) in [4.78, 5) is 11.9. The Bertz CT molecular complexity index is 559. The van der Waals surface area contributed by atoms with Crippen LogP contribution in [0.2, 0.25) is 0 Å². The van der Waals surface area contributed by atoms with Crippen LogP contribution in [0, 0.1) is 5.92 Å². The van der Waals surface area contributed by atoms with Crippen molar-refractivity contribution in [3.63, 3.8) is 0 Å². The van der Waals surface area contributed by atoms with Gasteiger partial charge < -0.3 is 9.73 Å². The van der Waals surface area contributed by atoms with Gasteiger partial charge in [-0.25, -0.2) is 0 Å². The van der Waals surface area contributed by atoms with Gasteiger partial charge in [-0.2, -0.15) is 0 Å². The molecule has 1 saturated carbocycles. The molecule has 3 rings (SSSR count). The lowest BCUT2D eigenvalue weighted by molar-refractivity contribution is -0.116. The topological polar surface area (TPSA) is 68.0 Å². The van der Waals surface area contributed by atoms with E-state index in [1.54, 1.807) is 12.3 Å². The van der Waals surface area contributed by atoms with Gasteiger partial charge in [0.25, 0.3) is 0 Å². The van der Waals surface area contributed by atoms with Crippen LogP contribution in [-0.4, -0.2) is 16.1 Å². The molecule has 0 saturated heterocycles. The van der Waals surface area contributed by atoms with Gasteiger partial charge >= 0.3 is 0 Å². The fourth-order valence-corrected chi connectivity index (χ4v) is 3.32. The van der Waals surface area contributed by atoms with E-state index in [-0.39, 0.29) is 5.91 Å². The highest BCUT2D eigenvalue weighted by Gasteiger charge is 2.17. The maximum Gasteiger partial charge on any atom is 0.226 e. The van der Waals surface area contributed by atoms with Gasteiger partial charge in [0.05, 0.1) is 6.26 Å². The van der Waals surface area contributed by atoms with Crippen LogP contribution in [0.4, 0.5) is 5.13 Å². The highest BCUT2D eigenvalue weighted by atomic mass is 32.1. The summed E-state index contributed by atoms with van der Waals surface area (Å²) in [5, 5.41) is 12.0. The van der Waals surface area contributed by atoms with Crippen molar-refractivity contribution in [3.8, 4) is 10.8 Å². The molecule has 0 bridgehead atoms. The molecule has 0 radical (unpaired) electrons. The Balaban J connectivity index is 1.51. The zero-order valence-electron chi connectivity index (χ0n) is 11.2. The van der Waals surface area contributed by atoms with Gasteiger partial charge in [0, 0.05) is 6.42 Å². The predicted molar refractivity (Wildman–Crippen MR) is 77.4 cm³/mol. The lowest BCUT2D eigenvalue weighted by Crippen LogP contribution is -2.12. The maximum absolute atomic E-state index is 11.9. The molecular weight excluding hydrogens is 274 g/mol. The molecule has 106 valence electrons. The number of hydrogen-bond donors (Lipinski definition) is 1. The number of nitrogens with one attached hydrogen (secondary N) is 1. The molecule has 0 atom stereocenters. The van der Waals surface area contributed by atoms with Crippen LogP contribution in [0.25, 0.3) is 10.8 Å². The van der Waals surface area contributed by atoms with Crippen molar-refractivity contribution in [3.05, 3.63) is 18.4 Å². The largest absolute Gasteiger partial charge is 0.462 e. The highest BCUT2D eigenvalue weighted by Crippen LogP contribution is 2.29. The Morgan fingerprint density at radius 2 is 2.25 bits per heavy atom. The lowest BCUT2D eigenvalue weighted by atomic mass is 10.0. The SMILES string of the molecule is O=C(CCC1CCCC1)Nc1nnc(-c2ccco2)s1. The van der Waals surface area contributed by atoms with Crippen molar-refractivity contribution < 1.29 is 9.21 Å². The normalized spacial score (nSPS) is 15.6. The number of anilines is 1. The first-order chi connectivity index (χ1) is 9.81. The molecule has 20 heavy (non-hydrogen) atoms. The third-order valence-corrected chi connectivity index (χ3v) is 4.51. The van der Waals surface area contributed by atoms with Crippen molar-refractivity contribution in [1.29, 1.82) is 0 Å². The van der Waals surface area contributed by atoms with Crippen molar-refractivity contribution in [2.75, 3.05) is 5.32 Å². The standard InChI is InChI=1S/C14H17N3O2S/c18-12(8-7-10-4-1-2-5-10)15-14-17-16-13(20-14)11-6-3-9-19-11/h3,6,9-10H,1-2,4-5,7-8H2,(H,15,17,18). The molecule has 0 spiro atoms. The van der Waals surface area contributed by atoms with Gasteiger partial charge in [0.15, 0.2) is 10.8 Å². The van der Waals surface area contributed by atoms with E-state index in [4.69, 9.17) is 4.42 Å². The molecule has 0 aromatic carbocycles. The summed E-state index contributed by atoms with van der Waals surface area (Å²) in [7, 11) is 0. The van der Waals surface area contributed by atoms with E-state index < -0.39 is 0 Å². The van der Waals surface area contributed by atoms with Crippen molar-refractivity contribution in [2.24, 2.45) is 5.92 Å². The second kappa shape index (κ2) is 6.17. The lowest BCUT2D eigenvalue weighted by Gasteiger charge is -2.07. The summed E-state index contributed by atoms with van der Waals surface area (Å²) in [6.07, 6.45) is 8.32. The summed E-state index contributed by atoms with van der Waals surface area (Å²) in [6.45, 7) is 0. The number of aromatic nitrogens is 2. The van der Waals surface area contributed by atoms with Crippen LogP contribution in [0.1, 0.15) is 38.5 Å². The Kier molecular flexibility index (Phi) is 4.11. The molecule has 1 aliphatic rings. The first-order valence-electron chi connectivity index (χ1n) is 6.98. The predicted octanol–water partition coefficient (Wildman–Crippen LogP) is 3.71. The molecule has 1 aliphatic carbocycles. The molecule has 1 fully saturated rings. The Morgan fingerprint density at radius 3 is 3.00 bits per heavy atom. The molecule has 2 heterocycles. The summed E-state index contributed by atoms with van der Waals surface area (Å²) in [6, 6.07) is 3.63. The molecule has 0 aliphatic heterocycles. The Hall–Kier alpha value is -1.69. The van der Waals surface area contributed by atoms with Gasteiger partial charge in [-0.05, 0) is 24.5 Å². The Labute approximate surface area is 121 Å². The van der Waals surface area contributed by atoms with Crippen LogP contribution in [0.5, 0.6) is 0 Å². The first-order valence-corrected chi connectivity index (χ1v) is 7.80. The summed E-state index contributed by atoms with van der Waals surface area (Å²) in [5.41, 5.74) is 0. The van der Waals surface area contributed by atoms with E-state index in [0.717, 1.165) is 12.3 Å². The Morgan fingerprint density at radius 1 is 1.40 bits per heavy atom. The third kappa shape index (κ3) is 3.25. The van der Waals surface area contributed by atoms with Crippen LogP contribution in [0.15, 0.2) is 22.8 Å². The molecule has 0 unspecified atom stereocenters. The van der Waals surface area contributed by atoms with Crippen LogP contribution in [-0.2, 0) is 4.79 Å². The van der Waals surface area contributed by atoms with Gasteiger partial charge in [0.2, 0.25) is 11.0 Å². The number of nitrogens with zero attached hydrogens (tertiary/aromatic N) is 2. The molecule has 6 heteroatoms. The summed E-state index contributed by atoms with van der Waals surface area (Å²) >= 11 is 1.33. The average Bonchev–Trinajstić information content (AvgIpc) is 3.18. The monoisotopic (exact) mass is 291 g/mol. The molecule has 2 aromatic heterocycles. The minimum Gasteiger partial charge on any atom is -0.462 e. The smallest absolute Gasteiger partial charge is 0.226 e. The molecule has 1 amide bonds. The first kappa shape index (κ1) is 13.3. The third-order valence-electron chi connectivity index (χ3n) is 3.66. The fraction of sp³-hybridized carbons (Fsp3) is 0.500. The number of carbonyl (C=O) groups is 1. The number of rotatable bonds is 5. The second-order valence-electron chi connectivity index (χ2n) is 5.13. The van der Waals surface area contributed by atoms with E-state index in [1.165, 1.54) is 37.0 Å². The fourth-order valence-electron chi connectivity index (χ4n) is 2.59. The van der Waals surface area contributed by atoms with Crippen LogP contribution < -0.4 is 5.32 Å². The van der Waals surface area contributed by atoms with Gasteiger partial charge in [-0.3, -0.25) is 4.79 Å². The highest BCUT2D eigenvalue weighted by molar-refractivity contribution is 7.18. The number of hydrogen-bond acceptors (Lipinski definition) is 5. The molecule has 5 nitrogen and oxygen atoms in total. The van der Waals surface area contributed by atoms with Crippen molar-refractivity contribution in [2.45, 2.75) is 38.5 Å². The second-order valence-corrected chi connectivity index (χ2v) is 6.10. The molecular formula is C14H17N3O2S. The van der Waals surface area contributed by atoms with Gasteiger partial charge in [0.1, 0.15) is 0 Å². The van der Waals surface area contributed by atoms with Crippen molar-refractivity contribution >= 4 is 22.4 Å². The van der Waals surface area contributed by atoms with E-state index >= 15 is 0 Å². The zero-order valence-corrected chi connectivity index (χ0v) is 12.0. The van der Waals surface area contributed by atoms with Gasteiger partial charge in [-0.15, -0.1) is 10.2 Å². The van der Waals surface area contributed by atoms with E-state index in [9.17, 15) is 4.79 Å². The van der Waals surface area contributed by atoms with Crippen molar-refractivity contribution in [1.82, 2.24) is 10.2 Å². The minimum absolute atomic E-state index is 0.0269. The van der Waals surface area contributed by atoms with E-state index in [0.29, 0.717) is 22.3 Å². The zero-order chi connectivity index (χ0) is 13.8. The van der Waals surface area contributed by atoms with Gasteiger partial charge in [-0.1, -0.05) is 37.0 Å². The quantitative estimate of drug-likeness (QED) is 0.911.